The lowest BCUT2D eigenvalue weighted by Crippen LogP contribution is -2.36. The van der Waals surface area contributed by atoms with E-state index in [1.54, 1.807) is 0 Å². The quantitative estimate of drug-likeness (QED) is 0.467. The Labute approximate surface area is 209 Å². The van der Waals surface area contributed by atoms with Gasteiger partial charge in [0, 0.05) is 43.9 Å². The lowest BCUT2D eigenvalue weighted by Gasteiger charge is -2.26. The zero-order valence-electron chi connectivity index (χ0n) is 20.3. The van der Waals surface area contributed by atoms with Gasteiger partial charge < -0.3 is 4.90 Å². The molecule has 0 unspecified atom stereocenters. The predicted molar refractivity (Wildman–Crippen MR) is 132 cm³/mol. The van der Waals surface area contributed by atoms with E-state index in [0.29, 0.717) is 37.8 Å². The molecule has 36 heavy (non-hydrogen) atoms. The van der Waals surface area contributed by atoms with E-state index >= 15 is 0 Å². The van der Waals surface area contributed by atoms with Crippen molar-refractivity contribution in [3.05, 3.63) is 82.8 Å². The molecule has 6 nitrogen and oxygen atoms in total. The van der Waals surface area contributed by atoms with E-state index in [-0.39, 0.29) is 18.0 Å². The van der Waals surface area contributed by atoms with Gasteiger partial charge in [0.2, 0.25) is 10.0 Å². The average molecular weight is 519 g/mol. The van der Waals surface area contributed by atoms with Crippen molar-refractivity contribution in [3.63, 3.8) is 0 Å². The second kappa shape index (κ2) is 10.6. The van der Waals surface area contributed by atoms with Crippen LogP contribution in [0.15, 0.2) is 59.5 Å². The number of hydrogen-bond donors (Lipinski definition) is 0. The van der Waals surface area contributed by atoms with Gasteiger partial charge in [-0.05, 0) is 43.5 Å². The molecule has 10 heteroatoms. The topological polar surface area (TPSA) is 66.4 Å². The number of sulfonamides is 1. The summed E-state index contributed by atoms with van der Waals surface area (Å²) in [6.45, 7) is 5.21. The van der Waals surface area contributed by atoms with Crippen molar-refractivity contribution < 1.29 is 21.6 Å². The van der Waals surface area contributed by atoms with E-state index in [1.807, 2.05) is 32.0 Å². The molecule has 3 aromatic rings. The third kappa shape index (κ3) is 5.70. The van der Waals surface area contributed by atoms with Gasteiger partial charge in [-0.25, -0.2) is 18.4 Å². The van der Waals surface area contributed by atoms with Crippen LogP contribution < -0.4 is 4.90 Å². The molecule has 1 saturated heterocycles. The largest absolute Gasteiger partial charge is 0.416 e. The molecular weight excluding hydrogens is 489 g/mol. The maximum atomic E-state index is 13.2. The Kier molecular flexibility index (Phi) is 7.65. The van der Waals surface area contributed by atoms with Gasteiger partial charge in [-0.3, -0.25) is 0 Å². The van der Waals surface area contributed by atoms with E-state index in [0.717, 1.165) is 41.2 Å². The molecule has 0 spiro atoms. The lowest BCUT2D eigenvalue weighted by molar-refractivity contribution is -0.137. The SMILES string of the molecule is CCc1nc(C)nc(N2CCCN(S(=O)(=O)c3cccc(C(F)(F)F)c3)CC2)c1Cc1ccccc1. The zero-order chi connectivity index (χ0) is 25.9. The normalized spacial score (nSPS) is 15.6. The first-order valence-corrected chi connectivity index (χ1v) is 13.4. The Morgan fingerprint density at radius 3 is 2.39 bits per heavy atom. The van der Waals surface area contributed by atoms with Crippen molar-refractivity contribution in [2.45, 2.75) is 44.2 Å². The number of benzene rings is 2. The third-order valence-corrected chi connectivity index (χ3v) is 8.19. The summed E-state index contributed by atoms with van der Waals surface area (Å²) in [4.78, 5) is 11.1. The Bertz CT molecular complexity index is 1310. The summed E-state index contributed by atoms with van der Waals surface area (Å²) in [7, 11) is -4.08. The van der Waals surface area contributed by atoms with Crippen molar-refractivity contribution in [2.75, 3.05) is 31.1 Å². The van der Waals surface area contributed by atoms with Gasteiger partial charge in [-0.15, -0.1) is 0 Å². The number of hydrogen-bond acceptors (Lipinski definition) is 5. The molecule has 0 N–H and O–H groups in total. The van der Waals surface area contributed by atoms with Crippen LogP contribution in [0.25, 0.3) is 0 Å². The number of halogens is 3. The molecule has 192 valence electrons. The summed E-state index contributed by atoms with van der Waals surface area (Å²) in [6, 6.07) is 14.0. The number of rotatable bonds is 6. The maximum absolute atomic E-state index is 13.2. The zero-order valence-corrected chi connectivity index (χ0v) is 21.1. The van der Waals surface area contributed by atoms with Crippen LogP contribution in [0.4, 0.5) is 19.0 Å². The highest BCUT2D eigenvalue weighted by Crippen LogP contribution is 2.32. The van der Waals surface area contributed by atoms with Crippen LogP contribution in [0.5, 0.6) is 0 Å². The summed E-state index contributed by atoms with van der Waals surface area (Å²) in [5.74, 6) is 1.44. The van der Waals surface area contributed by atoms with Gasteiger partial charge in [0.25, 0.3) is 0 Å². The van der Waals surface area contributed by atoms with Crippen LogP contribution in [0.1, 0.15) is 41.6 Å². The molecule has 2 heterocycles. The van der Waals surface area contributed by atoms with Crippen LogP contribution >= 0.6 is 0 Å². The van der Waals surface area contributed by atoms with Gasteiger partial charge in [0.1, 0.15) is 11.6 Å². The molecule has 1 aromatic heterocycles. The molecule has 2 aromatic carbocycles. The second-order valence-corrected chi connectivity index (χ2v) is 10.7. The van der Waals surface area contributed by atoms with Crippen molar-refractivity contribution >= 4 is 15.8 Å². The third-order valence-electron chi connectivity index (χ3n) is 6.29. The van der Waals surface area contributed by atoms with E-state index in [2.05, 4.69) is 22.0 Å². The fraction of sp³-hybridized carbons (Fsp3) is 0.385. The summed E-state index contributed by atoms with van der Waals surface area (Å²) < 4.78 is 67.2. The van der Waals surface area contributed by atoms with Gasteiger partial charge in [0.05, 0.1) is 10.5 Å². The molecule has 0 atom stereocenters. The lowest BCUT2D eigenvalue weighted by atomic mass is 10.0. The van der Waals surface area contributed by atoms with Crippen molar-refractivity contribution in [1.82, 2.24) is 14.3 Å². The number of alkyl halides is 3. The van der Waals surface area contributed by atoms with Gasteiger partial charge in [0.15, 0.2) is 0 Å². The highest BCUT2D eigenvalue weighted by atomic mass is 32.2. The van der Waals surface area contributed by atoms with Crippen molar-refractivity contribution in [2.24, 2.45) is 0 Å². The minimum absolute atomic E-state index is 0.147. The van der Waals surface area contributed by atoms with E-state index in [9.17, 15) is 21.6 Å². The number of aryl methyl sites for hydroxylation is 2. The first-order chi connectivity index (χ1) is 17.1. The molecule has 1 fully saturated rings. The highest BCUT2D eigenvalue weighted by molar-refractivity contribution is 7.89. The van der Waals surface area contributed by atoms with Gasteiger partial charge >= 0.3 is 6.18 Å². The first kappa shape index (κ1) is 26.1. The fourth-order valence-corrected chi connectivity index (χ4v) is 6.02. The maximum Gasteiger partial charge on any atom is 0.416 e. The van der Waals surface area contributed by atoms with Crippen molar-refractivity contribution in [1.29, 1.82) is 0 Å². The summed E-state index contributed by atoms with van der Waals surface area (Å²) in [5.41, 5.74) is 2.13. The van der Waals surface area contributed by atoms with Crippen LogP contribution in [0.2, 0.25) is 0 Å². The van der Waals surface area contributed by atoms with Crippen molar-refractivity contribution in [3.8, 4) is 0 Å². The minimum Gasteiger partial charge on any atom is -0.355 e. The van der Waals surface area contributed by atoms with E-state index in [1.165, 1.54) is 10.4 Å². The molecular formula is C26H29F3N4O2S. The number of anilines is 1. The van der Waals surface area contributed by atoms with Gasteiger partial charge in [-0.2, -0.15) is 17.5 Å². The molecule has 0 amide bonds. The number of aromatic nitrogens is 2. The first-order valence-electron chi connectivity index (χ1n) is 11.9. The monoisotopic (exact) mass is 518 g/mol. The van der Waals surface area contributed by atoms with Crippen LogP contribution in [0, 0.1) is 6.92 Å². The van der Waals surface area contributed by atoms with Crippen LogP contribution in [0.3, 0.4) is 0 Å². The Balaban J connectivity index is 1.61. The summed E-state index contributed by atoms with van der Waals surface area (Å²) in [6.07, 6.45) is -2.70. The Morgan fingerprint density at radius 2 is 1.69 bits per heavy atom. The highest BCUT2D eigenvalue weighted by Gasteiger charge is 2.34. The molecule has 1 aliphatic heterocycles. The minimum atomic E-state index is -4.61. The molecule has 0 radical (unpaired) electrons. The average Bonchev–Trinajstić information content (AvgIpc) is 3.12. The second-order valence-electron chi connectivity index (χ2n) is 8.81. The standard InChI is InChI=1S/C26H29F3N4O2S/c1-3-24-23(17-20-9-5-4-6-10-20)25(31-19(2)30-24)32-13-8-14-33(16-15-32)36(34,35)22-12-7-11-21(18-22)26(27,28)29/h4-7,9-12,18H,3,8,13-17H2,1-2H3. The summed E-state index contributed by atoms with van der Waals surface area (Å²) in [5, 5.41) is 0. The van der Waals surface area contributed by atoms with E-state index < -0.39 is 21.8 Å². The van der Waals surface area contributed by atoms with E-state index in [4.69, 9.17) is 4.98 Å². The molecule has 4 rings (SSSR count). The van der Waals surface area contributed by atoms with Gasteiger partial charge in [-0.1, -0.05) is 43.3 Å². The van der Waals surface area contributed by atoms with Crippen LogP contribution in [-0.2, 0) is 29.0 Å². The molecule has 0 saturated carbocycles. The fourth-order valence-electron chi connectivity index (χ4n) is 4.50. The smallest absolute Gasteiger partial charge is 0.355 e. The number of nitrogens with zero attached hydrogens (tertiary/aromatic N) is 4. The predicted octanol–water partition coefficient (Wildman–Crippen LogP) is 4.86. The molecule has 1 aliphatic rings. The summed E-state index contributed by atoms with van der Waals surface area (Å²) >= 11 is 0. The molecule has 0 bridgehead atoms. The Hall–Kier alpha value is -2.98. The molecule has 0 aliphatic carbocycles. The van der Waals surface area contributed by atoms with Crippen LogP contribution in [-0.4, -0.2) is 48.9 Å². The Morgan fingerprint density at radius 1 is 0.944 bits per heavy atom.